The summed E-state index contributed by atoms with van der Waals surface area (Å²) in [5.41, 5.74) is 1.58. The van der Waals surface area contributed by atoms with E-state index >= 15 is 0 Å². The van der Waals surface area contributed by atoms with E-state index in [1.807, 2.05) is 0 Å². The number of rotatable bonds is 4. The van der Waals surface area contributed by atoms with Crippen molar-refractivity contribution >= 4 is 5.91 Å². The largest absolute Gasteiger partial charge is 0.361 e. The number of carbonyl (C=O) groups excluding carboxylic acids is 1. The average molecular weight is 317 g/mol. The lowest BCUT2D eigenvalue weighted by Crippen LogP contribution is -2.38. The quantitative estimate of drug-likeness (QED) is 0.858. The van der Waals surface area contributed by atoms with E-state index in [-0.39, 0.29) is 5.91 Å². The molecule has 7 nitrogen and oxygen atoms in total. The van der Waals surface area contributed by atoms with E-state index in [1.54, 1.807) is 11.8 Å². The second-order valence-electron chi connectivity index (χ2n) is 6.37. The summed E-state index contributed by atoms with van der Waals surface area (Å²) in [6.45, 7) is 8.86. The van der Waals surface area contributed by atoms with Crippen LogP contribution in [0.25, 0.3) is 0 Å². The lowest BCUT2D eigenvalue weighted by atomic mass is 10.2. The van der Waals surface area contributed by atoms with Gasteiger partial charge in [-0.1, -0.05) is 5.16 Å². The summed E-state index contributed by atoms with van der Waals surface area (Å²) in [7, 11) is 2.09. The first kappa shape index (κ1) is 15.7. The second-order valence-corrected chi connectivity index (χ2v) is 6.37. The van der Waals surface area contributed by atoms with Crippen molar-refractivity contribution in [3.63, 3.8) is 0 Å². The van der Waals surface area contributed by atoms with E-state index in [0.29, 0.717) is 30.5 Å². The molecule has 1 aliphatic heterocycles. The van der Waals surface area contributed by atoms with Crippen LogP contribution in [-0.4, -0.2) is 50.0 Å². The van der Waals surface area contributed by atoms with E-state index in [0.717, 1.165) is 24.6 Å². The Morgan fingerprint density at radius 2 is 2.22 bits per heavy atom. The highest BCUT2D eigenvalue weighted by molar-refractivity contribution is 5.94. The predicted molar refractivity (Wildman–Crippen MR) is 84.8 cm³/mol. The van der Waals surface area contributed by atoms with E-state index in [2.05, 4.69) is 41.7 Å². The fourth-order valence-electron chi connectivity index (χ4n) is 2.67. The van der Waals surface area contributed by atoms with E-state index in [1.165, 1.54) is 6.20 Å². The number of nitrogens with zero attached hydrogens (tertiary/aromatic N) is 5. The SMILES string of the molecule is Cc1oncc1C(=O)N1CCn2cc(CN(C)C(C)C)nc2C1. The molecule has 1 amide bonds. The molecule has 7 heteroatoms. The molecule has 2 aromatic rings. The molecule has 124 valence electrons. The minimum absolute atomic E-state index is 0.0427. The van der Waals surface area contributed by atoms with E-state index in [9.17, 15) is 4.79 Å². The number of aromatic nitrogens is 3. The molecule has 3 rings (SSSR count). The standard InChI is InChI=1S/C16H23N5O2/c1-11(2)19(4)8-13-9-20-5-6-21(10-15(20)18-13)16(22)14-7-17-23-12(14)3/h7,9,11H,5-6,8,10H2,1-4H3. The van der Waals surface area contributed by atoms with Crippen LogP contribution in [0.15, 0.2) is 16.9 Å². The van der Waals surface area contributed by atoms with Crippen LogP contribution in [0.3, 0.4) is 0 Å². The zero-order chi connectivity index (χ0) is 16.6. The zero-order valence-corrected chi connectivity index (χ0v) is 14.1. The van der Waals surface area contributed by atoms with Crippen molar-refractivity contribution in [2.45, 2.75) is 46.4 Å². The summed E-state index contributed by atoms with van der Waals surface area (Å²) in [5.74, 6) is 1.45. The van der Waals surface area contributed by atoms with Gasteiger partial charge in [0.1, 0.15) is 17.1 Å². The van der Waals surface area contributed by atoms with Crippen molar-refractivity contribution < 1.29 is 9.32 Å². The highest BCUT2D eigenvalue weighted by Gasteiger charge is 2.26. The van der Waals surface area contributed by atoms with E-state index in [4.69, 9.17) is 9.51 Å². The summed E-state index contributed by atoms with van der Waals surface area (Å²) in [4.78, 5) is 21.3. The molecule has 0 saturated heterocycles. The van der Waals surface area contributed by atoms with Gasteiger partial charge in [-0.05, 0) is 27.8 Å². The van der Waals surface area contributed by atoms with Crippen LogP contribution in [0.1, 0.15) is 41.5 Å². The minimum atomic E-state index is -0.0427. The summed E-state index contributed by atoms with van der Waals surface area (Å²) < 4.78 is 7.14. The molecule has 0 spiro atoms. The van der Waals surface area contributed by atoms with Gasteiger partial charge in [0, 0.05) is 31.9 Å². The molecule has 0 unspecified atom stereocenters. The third-order valence-electron chi connectivity index (χ3n) is 4.41. The third kappa shape index (κ3) is 3.14. The van der Waals surface area contributed by atoms with Gasteiger partial charge >= 0.3 is 0 Å². The Labute approximate surface area is 135 Å². The lowest BCUT2D eigenvalue weighted by Gasteiger charge is -2.27. The van der Waals surface area contributed by atoms with Gasteiger partial charge in [0.15, 0.2) is 0 Å². The maximum atomic E-state index is 12.5. The molecule has 0 N–H and O–H groups in total. The highest BCUT2D eigenvalue weighted by Crippen LogP contribution is 2.18. The molecule has 0 aromatic carbocycles. The smallest absolute Gasteiger partial charge is 0.259 e. The van der Waals surface area contributed by atoms with Crippen molar-refractivity contribution in [1.29, 1.82) is 0 Å². The van der Waals surface area contributed by atoms with Crippen LogP contribution in [0.2, 0.25) is 0 Å². The topological polar surface area (TPSA) is 67.4 Å². The Bertz CT molecular complexity index is 703. The predicted octanol–water partition coefficient (Wildman–Crippen LogP) is 1.68. The monoisotopic (exact) mass is 317 g/mol. The fraction of sp³-hybridized carbons (Fsp3) is 0.562. The maximum absolute atomic E-state index is 12.5. The molecule has 1 aliphatic rings. The number of hydrogen-bond donors (Lipinski definition) is 0. The van der Waals surface area contributed by atoms with Crippen LogP contribution in [0.5, 0.6) is 0 Å². The number of aryl methyl sites for hydroxylation is 1. The molecule has 0 atom stereocenters. The fourth-order valence-corrected chi connectivity index (χ4v) is 2.67. The van der Waals surface area contributed by atoms with E-state index < -0.39 is 0 Å². The van der Waals surface area contributed by atoms with Gasteiger partial charge in [-0.2, -0.15) is 0 Å². The molecular formula is C16H23N5O2. The molecule has 2 aromatic heterocycles. The molecule has 0 bridgehead atoms. The van der Waals surface area contributed by atoms with Gasteiger partial charge in [-0.3, -0.25) is 9.69 Å². The molecule has 0 fully saturated rings. The Hall–Kier alpha value is -2.15. The number of amides is 1. The number of fused-ring (bicyclic) bond motifs is 1. The molecule has 23 heavy (non-hydrogen) atoms. The van der Waals surface area contributed by atoms with Crippen LogP contribution in [-0.2, 0) is 19.6 Å². The van der Waals surface area contributed by atoms with Crippen molar-refractivity contribution in [2.75, 3.05) is 13.6 Å². The Balaban J connectivity index is 1.72. The summed E-state index contributed by atoms with van der Waals surface area (Å²) in [6.07, 6.45) is 3.59. The highest BCUT2D eigenvalue weighted by atomic mass is 16.5. The average Bonchev–Trinajstić information content (AvgIpc) is 3.10. The van der Waals surface area contributed by atoms with Crippen molar-refractivity contribution in [2.24, 2.45) is 0 Å². The van der Waals surface area contributed by atoms with Crippen LogP contribution in [0, 0.1) is 6.92 Å². The number of imidazole rings is 1. The summed E-state index contributed by atoms with van der Waals surface area (Å²) >= 11 is 0. The first-order chi connectivity index (χ1) is 11.0. The van der Waals surface area contributed by atoms with Gasteiger partial charge in [0.05, 0.1) is 18.4 Å². The number of hydrogen-bond acceptors (Lipinski definition) is 5. The van der Waals surface area contributed by atoms with Gasteiger partial charge in [-0.15, -0.1) is 0 Å². The first-order valence-electron chi connectivity index (χ1n) is 7.91. The Morgan fingerprint density at radius 1 is 1.43 bits per heavy atom. The molecule has 3 heterocycles. The molecule has 0 radical (unpaired) electrons. The van der Waals surface area contributed by atoms with Crippen LogP contribution >= 0.6 is 0 Å². The number of carbonyl (C=O) groups is 1. The van der Waals surface area contributed by atoms with Gasteiger partial charge in [0.25, 0.3) is 5.91 Å². The van der Waals surface area contributed by atoms with Crippen molar-refractivity contribution in [3.8, 4) is 0 Å². The van der Waals surface area contributed by atoms with Gasteiger partial charge < -0.3 is 14.0 Å². The Morgan fingerprint density at radius 3 is 2.87 bits per heavy atom. The third-order valence-corrected chi connectivity index (χ3v) is 4.41. The van der Waals surface area contributed by atoms with Crippen molar-refractivity contribution in [1.82, 2.24) is 24.5 Å². The van der Waals surface area contributed by atoms with Crippen LogP contribution < -0.4 is 0 Å². The van der Waals surface area contributed by atoms with Crippen molar-refractivity contribution in [3.05, 3.63) is 35.2 Å². The van der Waals surface area contributed by atoms with Gasteiger partial charge in [-0.25, -0.2) is 4.98 Å². The molecule has 0 saturated carbocycles. The zero-order valence-electron chi connectivity index (χ0n) is 14.1. The summed E-state index contributed by atoms with van der Waals surface area (Å²) in [5, 5.41) is 3.69. The normalized spacial score (nSPS) is 14.6. The van der Waals surface area contributed by atoms with Crippen LogP contribution in [0.4, 0.5) is 0 Å². The molecular weight excluding hydrogens is 294 g/mol. The first-order valence-corrected chi connectivity index (χ1v) is 7.91. The second kappa shape index (κ2) is 6.16. The van der Waals surface area contributed by atoms with Gasteiger partial charge in [0.2, 0.25) is 0 Å². The maximum Gasteiger partial charge on any atom is 0.259 e. The minimum Gasteiger partial charge on any atom is -0.361 e. The summed E-state index contributed by atoms with van der Waals surface area (Å²) in [6, 6.07) is 0.475. The lowest BCUT2D eigenvalue weighted by molar-refractivity contribution is 0.0705. The molecule has 0 aliphatic carbocycles. The Kier molecular flexibility index (Phi) is 4.21.